The van der Waals surface area contributed by atoms with Gasteiger partial charge in [-0.1, -0.05) is 84.5 Å². The number of nitrogens with one attached hydrogen (secondary N) is 3. The summed E-state index contributed by atoms with van der Waals surface area (Å²) < 4.78 is 16.9. The number of aliphatic hydroxyl groups is 6. The molecule has 0 aromatic heterocycles. The lowest BCUT2D eigenvalue weighted by molar-refractivity contribution is -0.230. The SMILES string of the molecule is CCC(=O)NCCCCCCCC1OC1NCCCCCCCCCCCC(=O)N[C@@H](CO[C@H]1OC(CO)[C@H](O)C(O)CC1O)[C@H](O)[C@H](O)CC. The maximum atomic E-state index is 12.7. The van der Waals surface area contributed by atoms with Gasteiger partial charge in [0.05, 0.1) is 37.6 Å². The Morgan fingerprint density at radius 2 is 1.37 bits per heavy atom. The summed E-state index contributed by atoms with van der Waals surface area (Å²) in [5, 5.41) is 70.0. The van der Waals surface area contributed by atoms with Gasteiger partial charge in [0.25, 0.3) is 0 Å². The topological polar surface area (TPSA) is 223 Å². The minimum absolute atomic E-state index is 0.131. The van der Waals surface area contributed by atoms with Crippen LogP contribution in [0.4, 0.5) is 0 Å². The standard InChI is InChI=1S/C37H71N3O11/c1-3-27(42)34(47)26(25-49-37-29(44)23-28(43)35(48)31(24-41)51-37)40-33(46)20-16-12-8-6-5-7-9-13-18-22-39-36-30(50-36)19-15-11-10-14-17-21-38-32(45)4-2/h26-31,34-37,39,41-44,47-48H,3-25H2,1-2H3,(H,38,45)(H,40,46)/t26-,27+,28?,29?,30?,31?,34-,35+,36?,37-/m0/s1. The van der Waals surface area contributed by atoms with Crippen LogP contribution in [0.1, 0.15) is 136 Å². The van der Waals surface area contributed by atoms with Gasteiger partial charge in [0.1, 0.15) is 30.6 Å². The highest BCUT2D eigenvalue weighted by molar-refractivity contribution is 5.76. The fraction of sp³-hybridized carbons (Fsp3) is 0.946. The van der Waals surface area contributed by atoms with Crippen LogP contribution in [0.5, 0.6) is 0 Å². The van der Waals surface area contributed by atoms with Crippen molar-refractivity contribution in [3.05, 3.63) is 0 Å². The Hall–Kier alpha value is -1.46. The van der Waals surface area contributed by atoms with Gasteiger partial charge in [0.2, 0.25) is 11.8 Å². The Morgan fingerprint density at radius 3 is 2.00 bits per heavy atom. The second-order valence-electron chi connectivity index (χ2n) is 14.3. The second kappa shape index (κ2) is 27.2. The number of rotatable bonds is 30. The summed E-state index contributed by atoms with van der Waals surface area (Å²) >= 11 is 0. The smallest absolute Gasteiger partial charge is 0.220 e. The van der Waals surface area contributed by atoms with Crippen molar-refractivity contribution in [3.8, 4) is 0 Å². The molecule has 0 saturated carbocycles. The van der Waals surface area contributed by atoms with Gasteiger partial charge in [-0.25, -0.2) is 0 Å². The van der Waals surface area contributed by atoms with Gasteiger partial charge in [0.15, 0.2) is 6.29 Å². The predicted octanol–water partition coefficient (Wildman–Crippen LogP) is 1.89. The van der Waals surface area contributed by atoms with Crippen molar-refractivity contribution in [3.63, 3.8) is 0 Å². The molecule has 2 amide bonds. The monoisotopic (exact) mass is 734 g/mol. The molecular formula is C37H71N3O11. The van der Waals surface area contributed by atoms with E-state index in [0.717, 1.165) is 58.0 Å². The fourth-order valence-electron chi connectivity index (χ4n) is 6.39. The second-order valence-corrected chi connectivity index (χ2v) is 14.3. The fourth-order valence-corrected chi connectivity index (χ4v) is 6.39. The Labute approximate surface area is 305 Å². The highest BCUT2D eigenvalue weighted by Gasteiger charge is 2.40. The number of aliphatic hydroxyl groups excluding tert-OH is 6. The van der Waals surface area contributed by atoms with Crippen LogP contribution in [-0.2, 0) is 23.8 Å². The predicted molar refractivity (Wildman–Crippen MR) is 192 cm³/mol. The lowest BCUT2D eigenvalue weighted by atomic mass is 10.0. The van der Waals surface area contributed by atoms with Gasteiger partial charge in [0, 0.05) is 25.8 Å². The molecule has 0 aliphatic carbocycles. The molecule has 0 aromatic carbocycles. The van der Waals surface area contributed by atoms with E-state index in [9.17, 15) is 40.2 Å². The van der Waals surface area contributed by atoms with E-state index in [1.54, 1.807) is 6.92 Å². The van der Waals surface area contributed by atoms with E-state index in [0.29, 0.717) is 18.9 Å². The van der Waals surface area contributed by atoms with Crippen molar-refractivity contribution in [2.45, 2.75) is 197 Å². The number of hydrogen-bond donors (Lipinski definition) is 9. The minimum atomic E-state index is -1.41. The van der Waals surface area contributed by atoms with Gasteiger partial charge < -0.3 is 55.5 Å². The molecule has 14 heteroatoms. The lowest BCUT2D eigenvalue weighted by Gasteiger charge is -2.30. The average Bonchev–Trinajstić information content (AvgIpc) is 3.90. The van der Waals surface area contributed by atoms with E-state index in [4.69, 9.17) is 14.2 Å². The van der Waals surface area contributed by atoms with E-state index in [2.05, 4.69) is 16.0 Å². The summed E-state index contributed by atoms with van der Waals surface area (Å²) in [4.78, 5) is 23.9. The third-order valence-corrected chi connectivity index (χ3v) is 9.89. The van der Waals surface area contributed by atoms with Gasteiger partial charge >= 0.3 is 0 Å². The molecule has 0 bridgehead atoms. The Balaban J connectivity index is 1.47. The molecule has 2 rings (SSSR count). The normalized spacial score (nSPS) is 26.6. The Morgan fingerprint density at radius 1 is 0.765 bits per heavy atom. The van der Waals surface area contributed by atoms with E-state index >= 15 is 0 Å². The van der Waals surface area contributed by atoms with Crippen LogP contribution in [0.25, 0.3) is 0 Å². The number of ether oxygens (including phenoxy) is 3. The summed E-state index contributed by atoms with van der Waals surface area (Å²) in [7, 11) is 0. The quantitative estimate of drug-likeness (QED) is 0.0382. The first-order chi connectivity index (χ1) is 24.6. The molecule has 9 N–H and O–H groups in total. The average molecular weight is 734 g/mol. The van der Waals surface area contributed by atoms with Gasteiger partial charge in [-0.3, -0.25) is 14.9 Å². The van der Waals surface area contributed by atoms with Gasteiger partial charge in [-0.15, -0.1) is 0 Å². The van der Waals surface area contributed by atoms with Crippen LogP contribution in [0.15, 0.2) is 0 Å². The number of amides is 2. The van der Waals surface area contributed by atoms with Crippen LogP contribution < -0.4 is 16.0 Å². The Bertz CT molecular complexity index is 919. The molecule has 14 nitrogen and oxygen atoms in total. The molecule has 300 valence electrons. The summed E-state index contributed by atoms with van der Waals surface area (Å²) in [5.41, 5.74) is 0. The van der Waals surface area contributed by atoms with Crippen LogP contribution >= 0.6 is 0 Å². The highest BCUT2D eigenvalue weighted by atomic mass is 16.7. The molecular weight excluding hydrogens is 662 g/mol. The summed E-state index contributed by atoms with van der Waals surface area (Å²) in [5.74, 6) is -0.155. The van der Waals surface area contributed by atoms with E-state index in [1.807, 2.05) is 6.92 Å². The van der Waals surface area contributed by atoms with Crippen LogP contribution in [0.3, 0.4) is 0 Å². The minimum Gasteiger partial charge on any atom is -0.394 e. The summed E-state index contributed by atoms with van der Waals surface area (Å²) in [6.45, 7) is 4.44. The number of unbranched alkanes of at least 4 members (excludes halogenated alkanes) is 12. The zero-order chi connectivity index (χ0) is 37.4. The molecule has 2 aliphatic rings. The lowest BCUT2D eigenvalue weighted by Crippen LogP contribution is -2.52. The molecule has 2 aliphatic heterocycles. The van der Waals surface area contributed by atoms with Crippen molar-refractivity contribution in [1.29, 1.82) is 0 Å². The highest BCUT2D eigenvalue weighted by Crippen LogP contribution is 2.26. The maximum Gasteiger partial charge on any atom is 0.220 e. The van der Waals surface area contributed by atoms with Crippen LogP contribution in [-0.4, -0.2) is 130 Å². The van der Waals surface area contributed by atoms with Crippen molar-refractivity contribution < 1.29 is 54.4 Å². The van der Waals surface area contributed by atoms with Crippen LogP contribution in [0, 0.1) is 0 Å². The third-order valence-electron chi connectivity index (χ3n) is 9.89. The maximum absolute atomic E-state index is 12.7. The van der Waals surface area contributed by atoms with Crippen molar-refractivity contribution in [1.82, 2.24) is 16.0 Å². The van der Waals surface area contributed by atoms with Gasteiger partial charge in [-0.05, 0) is 38.6 Å². The van der Waals surface area contributed by atoms with Crippen LogP contribution in [0.2, 0.25) is 0 Å². The summed E-state index contributed by atoms with van der Waals surface area (Å²) in [6, 6.07) is -0.985. The van der Waals surface area contributed by atoms with Gasteiger partial charge in [-0.2, -0.15) is 0 Å². The van der Waals surface area contributed by atoms with Crippen molar-refractivity contribution in [2.75, 3.05) is 26.3 Å². The van der Waals surface area contributed by atoms with E-state index in [1.165, 1.54) is 44.9 Å². The molecule has 5 unspecified atom stereocenters. The zero-order valence-corrected chi connectivity index (χ0v) is 31.3. The molecule has 0 radical (unpaired) electrons. The Kier molecular flexibility index (Phi) is 24.3. The zero-order valence-electron chi connectivity index (χ0n) is 31.3. The number of hydrogen-bond acceptors (Lipinski definition) is 12. The molecule has 2 saturated heterocycles. The molecule has 2 fully saturated rings. The molecule has 51 heavy (non-hydrogen) atoms. The first-order valence-electron chi connectivity index (χ1n) is 19.8. The number of carbonyl (C=O) groups excluding carboxylic acids is 2. The largest absolute Gasteiger partial charge is 0.394 e. The third kappa shape index (κ3) is 19.4. The van der Waals surface area contributed by atoms with E-state index in [-0.39, 0.29) is 43.9 Å². The van der Waals surface area contributed by atoms with E-state index < -0.39 is 55.6 Å². The number of carbonyl (C=O) groups is 2. The molecule has 2 heterocycles. The van der Waals surface area contributed by atoms with Crippen molar-refractivity contribution >= 4 is 11.8 Å². The molecule has 10 atom stereocenters. The number of epoxide rings is 1. The first-order valence-corrected chi connectivity index (χ1v) is 19.8. The first kappa shape index (κ1) is 45.7. The van der Waals surface area contributed by atoms with Crippen molar-refractivity contribution in [2.24, 2.45) is 0 Å². The summed E-state index contributed by atoms with van der Waals surface area (Å²) in [6.07, 6.45) is 9.04. The molecule has 0 aromatic rings. The molecule has 0 spiro atoms.